The Morgan fingerprint density at radius 3 is 1.31 bits per heavy atom. The minimum absolute atomic E-state index is 0. The van der Waals surface area contributed by atoms with E-state index in [1.165, 1.54) is 33.4 Å². The van der Waals surface area contributed by atoms with Gasteiger partial charge in [-0.1, -0.05) is 30.3 Å². The molecule has 0 unspecified atom stereocenters. The molecule has 0 fully saturated rings. The van der Waals surface area contributed by atoms with E-state index in [0.717, 1.165) is 51.2 Å². The van der Waals surface area contributed by atoms with E-state index >= 15 is 0 Å². The summed E-state index contributed by atoms with van der Waals surface area (Å²) in [6.07, 6.45) is 5.44. The molecule has 6 rings (SSSR count). The number of nitrogens with one attached hydrogen (secondary N) is 2. The van der Waals surface area contributed by atoms with Crippen LogP contribution in [-0.4, -0.2) is 15.0 Å². The van der Waals surface area contributed by atoms with E-state index in [1.807, 2.05) is 108 Å². The molecule has 0 radical (unpaired) electrons. The zero-order valence-corrected chi connectivity index (χ0v) is 30.4. The van der Waals surface area contributed by atoms with Gasteiger partial charge in [-0.05, 0) is 167 Å². The van der Waals surface area contributed by atoms with Gasteiger partial charge in [0.1, 0.15) is 11.6 Å². The lowest BCUT2D eigenvalue weighted by Gasteiger charge is -2.10. The summed E-state index contributed by atoms with van der Waals surface area (Å²) in [5.74, 6) is 1.74. The van der Waals surface area contributed by atoms with Gasteiger partial charge in [-0.15, -0.1) is 0 Å². The van der Waals surface area contributed by atoms with Crippen LogP contribution in [0.4, 0.5) is 34.4 Å². The van der Waals surface area contributed by atoms with Crippen molar-refractivity contribution in [2.24, 2.45) is 0 Å². The molecule has 3 heterocycles. The topological polar surface area (TPSA) is 115 Å². The largest absolute Gasteiger partial charge is 0.399 e. The number of hydrogen-bond donors (Lipinski definition) is 4. The number of pyridine rings is 3. The number of aryl methyl sites for hydroxylation is 9. The lowest BCUT2D eigenvalue weighted by atomic mass is 10.1. The number of benzene rings is 3. The van der Waals surface area contributed by atoms with Crippen LogP contribution in [-0.2, 0) is 0 Å². The van der Waals surface area contributed by atoms with E-state index in [4.69, 9.17) is 11.5 Å². The monoisotopic (exact) mass is 657 g/mol. The molecule has 0 saturated carbocycles. The fourth-order valence-electron chi connectivity index (χ4n) is 4.58. The van der Waals surface area contributed by atoms with Crippen molar-refractivity contribution in [1.29, 1.82) is 0 Å². The number of anilines is 6. The van der Waals surface area contributed by atoms with Crippen molar-refractivity contribution in [2.45, 2.75) is 62.3 Å². The van der Waals surface area contributed by atoms with Crippen molar-refractivity contribution in [1.82, 2.24) is 15.0 Å². The van der Waals surface area contributed by atoms with Crippen molar-refractivity contribution >= 4 is 34.4 Å². The SMILES string of the molecule is Cc1ccc(C)c(N)c1.Cc1ccnc(C)c1.Cc1ccnc(Nc2cc(C)ccc2C)c1.Cc1ccnc(Nc2cc(N)ccc2C)c1.[HH].[HH]. The summed E-state index contributed by atoms with van der Waals surface area (Å²) in [4.78, 5) is 12.6. The van der Waals surface area contributed by atoms with Gasteiger partial charge in [-0.25, -0.2) is 9.97 Å². The number of aromatic nitrogens is 3. The molecule has 0 aliphatic carbocycles. The van der Waals surface area contributed by atoms with E-state index in [2.05, 4.69) is 83.6 Å². The second-order valence-electron chi connectivity index (χ2n) is 12.4. The van der Waals surface area contributed by atoms with Crippen molar-refractivity contribution < 1.29 is 2.85 Å². The molecule has 0 spiro atoms. The van der Waals surface area contributed by atoms with Crippen LogP contribution in [0, 0.1) is 62.3 Å². The molecule has 3 aromatic heterocycles. The molecule has 7 heteroatoms. The Labute approximate surface area is 295 Å². The highest BCUT2D eigenvalue weighted by Gasteiger charge is 2.02. The fourth-order valence-corrected chi connectivity index (χ4v) is 4.58. The van der Waals surface area contributed by atoms with Crippen LogP contribution in [0.5, 0.6) is 0 Å². The molecule has 258 valence electrons. The molecule has 49 heavy (non-hydrogen) atoms. The molecule has 0 amide bonds. The number of nitrogens with two attached hydrogens (primary N) is 2. The van der Waals surface area contributed by atoms with Gasteiger partial charge in [0.2, 0.25) is 0 Å². The minimum Gasteiger partial charge on any atom is -0.399 e. The molecule has 0 saturated heterocycles. The average Bonchev–Trinajstić information content (AvgIpc) is 3.04. The molecular weight excluding hydrogens is 603 g/mol. The van der Waals surface area contributed by atoms with Crippen LogP contribution in [0.2, 0.25) is 0 Å². The summed E-state index contributed by atoms with van der Waals surface area (Å²) in [6.45, 7) is 18.4. The van der Waals surface area contributed by atoms with Crippen molar-refractivity contribution in [2.75, 3.05) is 22.1 Å². The summed E-state index contributed by atoms with van der Waals surface area (Å²) < 4.78 is 0. The Hall–Kier alpha value is -5.69. The highest BCUT2D eigenvalue weighted by atomic mass is 15.0. The van der Waals surface area contributed by atoms with Gasteiger partial charge in [-0.3, -0.25) is 4.98 Å². The van der Waals surface area contributed by atoms with Gasteiger partial charge in [0, 0.05) is 49.9 Å². The lowest BCUT2D eigenvalue weighted by molar-refractivity contribution is 1.18. The first kappa shape index (κ1) is 37.8. The predicted molar refractivity (Wildman–Crippen MR) is 214 cm³/mol. The quantitative estimate of drug-likeness (QED) is 0.139. The Morgan fingerprint density at radius 1 is 0.429 bits per heavy atom. The molecule has 6 aromatic rings. The Morgan fingerprint density at radius 2 is 0.857 bits per heavy atom. The maximum atomic E-state index is 5.75. The zero-order valence-electron chi connectivity index (χ0n) is 30.4. The standard InChI is InChI=1S/C14H16N2.C13H15N3.C8H11N.C7H9N.2H2/c1-10-4-5-12(3)13(8-10)16-14-9-11(2)6-7-15-14;1-9-5-6-15-13(7-9)16-12-8-11(14)4-3-10(12)2;1-6-3-4-7(2)8(9)5-6;1-6-3-4-8-7(2)5-6;;/h4-9H,1-3H3,(H,15,16);3-8H,14H2,1-2H3,(H,15,16);3-5H,9H2,1-2H3;3-5H,1-2H3;2*1H. The lowest BCUT2D eigenvalue weighted by Crippen LogP contribution is -1.97. The van der Waals surface area contributed by atoms with Gasteiger partial charge in [0.15, 0.2) is 0 Å². The number of nitrogen functional groups attached to an aromatic ring is 2. The maximum Gasteiger partial charge on any atom is 0.130 e. The number of rotatable bonds is 4. The molecule has 6 N–H and O–H groups in total. The summed E-state index contributed by atoms with van der Waals surface area (Å²) >= 11 is 0. The first-order valence-electron chi connectivity index (χ1n) is 16.3. The summed E-state index contributed by atoms with van der Waals surface area (Å²) in [5, 5.41) is 6.61. The highest BCUT2D eigenvalue weighted by molar-refractivity contribution is 5.65. The first-order valence-corrected chi connectivity index (χ1v) is 16.3. The smallest absolute Gasteiger partial charge is 0.130 e. The third-order valence-corrected chi connectivity index (χ3v) is 7.50. The van der Waals surface area contributed by atoms with Crippen LogP contribution >= 0.6 is 0 Å². The molecule has 0 aliphatic heterocycles. The maximum absolute atomic E-state index is 5.75. The Kier molecular flexibility index (Phi) is 14.3. The number of hydrogen-bond acceptors (Lipinski definition) is 7. The third-order valence-electron chi connectivity index (χ3n) is 7.50. The van der Waals surface area contributed by atoms with Crippen LogP contribution in [0.25, 0.3) is 0 Å². The van der Waals surface area contributed by atoms with Gasteiger partial charge in [0.25, 0.3) is 0 Å². The molecule has 0 bridgehead atoms. The molecule has 3 aromatic carbocycles. The number of nitrogens with zero attached hydrogens (tertiary/aromatic N) is 3. The van der Waals surface area contributed by atoms with E-state index in [-0.39, 0.29) is 2.85 Å². The summed E-state index contributed by atoms with van der Waals surface area (Å²) in [7, 11) is 0. The van der Waals surface area contributed by atoms with E-state index in [0.29, 0.717) is 0 Å². The molecule has 0 aliphatic rings. The minimum atomic E-state index is 0. The molecule has 7 nitrogen and oxygen atoms in total. The second kappa shape index (κ2) is 18.6. The average molecular weight is 658 g/mol. The molecule has 0 atom stereocenters. The highest BCUT2D eigenvalue weighted by Crippen LogP contribution is 2.22. The van der Waals surface area contributed by atoms with Crippen LogP contribution in [0.15, 0.2) is 110 Å². The first-order chi connectivity index (χ1) is 23.3. The van der Waals surface area contributed by atoms with Gasteiger partial charge in [-0.2, -0.15) is 0 Å². The van der Waals surface area contributed by atoms with Crippen LogP contribution < -0.4 is 22.1 Å². The van der Waals surface area contributed by atoms with Crippen LogP contribution in [0.1, 0.15) is 53.1 Å². The fraction of sp³-hybridized carbons (Fsp3) is 0.214. The third kappa shape index (κ3) is 13.5. The zero-order chi connectivity index (χ0) is 35.9. The van der Waals surface area contributed by atoms with Crippen LogP contribution in [0.3, 0.4) is 0 Å². The van der Waals surface area contributed by atoms with E-state index in [1.54, 1.807) is 6.20 Å². The Balaban J connectivity index is 0.000000350. The van der Waals surface area contributed by atoms with Crippen molar-refractivity contribution in [3.63, 3.8) is 0 Å². The summed E-state index contributed by atoms with van der Waals surface area (Å²) in [6, 6.07) is 30.3. The van der Waals surface area contributed by atoms with E-state index in [9.17, 15) is 0 Å². The van der Waals surface area contributed by atoms with Gasteiger partial charge in [0.05, 0.1) is 0 Å². The van der Waals surface area contributed by atoms with Gasteiger partial charge < -0.3 is 22.1 Å². The second-order valence-corrected chi connectivity index (χ2v) is 12.4. The molecular formula is C42H55N7. The van der Waals surface area contributed by atoms with Crippen molar-refractivity contribution in [3.8, 4) is 0 Å². The van der Waals surface area contributed by atoms with E-state index < -0.39 is 0 Å². The Bertz CT molecular complexity index is 1850. The van der Waals surface area contributed by atoms with Crippen molar-refractivity contribution in [3.05, 3.63) is 160 Å². The predicted octanol–water partition coefficient (Wildman–Crippen LogP) is 10.9. The van der Waals surface area contributed by atoms with Gasteiger partial charge >= 0.3 is 0 Å². The normalized spacial score (nSPS) is 9.90. The summed E-state index contributed by atoms with van der Waals surface area (Å²) in [5.41, 5.74) is 25.9.